The normalized spacial score (nSPS) is 16.6. The van der Waals surface area contributed by atoms with Gasteiger partial charge in [-0.25, -0.2) is 0 Å². The van der Waals surface area contributed by atoms with Gasteiger partial charge >= 0.3 is 0 Å². The number of nitrogens with zero attached hydrogens (tertiary/aromatic N) is 1. The highest BCUT2D eigenvalue weighted by Crippen LogP contribution is 2.42. The number of hydrogen-bond donors (Lipinski definition) is 1. The maximum Gasteiger partial charge on any atom is 0.265 e. The van der Waals surface area contributed by atoms with Crippen LogP contribution in [-0.4, -0.2) is 31.6 Å². The zero-order valence-corrected chi connectivity index (χ0v) is 20.6. The van der Waals surface area contributed by atoms with Crippen LogP contribution in [0.4, 0.5) is 5.69 Å². The van der Waals surface area contributed by atoms with Gasteiger partial charge in [0, 0.05) is 9.92 Å². The maximum absolute atomic E-state index is 13.4. The van der Waals surface area contributed by atoms with E-state index >= 15 is 0 Å². The Labute approximate surface area is 212 Å². The number of rotatable bonds is 5. The Morgan fingerprint density at radius 3 is 2.63 bits per heavy atom. The SMILES string of the molecule is C[C@H](NC(=O)CN1C(=O)/C(=C/c2ccc(Cl)cc2)Sc2ccccc21)c1ccc2c(c1)OCCO2. The molecule has 0 fully saturated rings. The largest absolute Gasteiger partial charge is 0.486 e. The molecule has 0 aliphatic carbocycles. The van der Waals surface area contributed by atoms with Crippen molar-refractivity contribution in [3.8, 4) is 11.5 Å². The lowest BCUT2D eigenvalue weighted by molar-refractivity contribution is -0.122. The number of carbonyl (C=O) groups excluding carboxylic acids is 2. The van der Waals surface area contributed by atoms with Crippen LogP contribution in [0.15, 0.2) is 76.5 Å². The van der Waals surface area contributed by atoms with Crippen molar-refractivity contribution in [3.63, 3.8) is 0 Å². The number of fused-ring (bicyclic) bond motifs is 2. The summed E-state index contributed by atoms with van der Waals surface area (Å²) in [4.78, 5) is 29.4. The Balaban J connectivity index is 1.34. The standard InChI is InChI=1S/C27H23ClN2O4S/c1-17(19-8-11-22-23(15-19)34-13-12-33-22)29-26(31)16-30-21-4-2-3-5-24(21)35-25(27(30)32)14-18-6-9-20(28)10-7-18/h2-11,14-15,17H,12-13,16H2,1H3,(H,29,31)/b25-14-/t17-/m0/s1. The van der Waals surface area contributed by atoms with E-state index in [0.717, 1.165) is 21.7 Å². The Kier molecular flexibility index (Phi) is 6.70. The Hall–Kier alpha value is -3.42. The van der Waals surface area contributed by atoms with E-state index in [1.807, 2.05) is 67.6 Å². The van der Waals surface area contributed by atoms with E-state index in [0.29, 0.717) is 34.6 Å². The van der Waals surface area contributed by atoms with Crippen molar-refractivity contribution in [2.45, 2.75) is 17.9 Å². The van der Waals surface area contributed by atoms with Gasteiger partial charge in [-0.15, -0.1) is 0 Å². The molecular formula is C27H23ClN2O4S. The summed E-state index contributed by atoms with van der Waals surface area (Å²) in [6.07, 6.45) is 1.82. The summed E-state index contributed by atoms with van der Waals surface area (Å²) in [6, 6.07) is 20.2. The Morgan fingerprint density at radius 2 is 1.83 bits per heavy atom. The maximum atomic E-state index is 13.4. The third-order valence-electron chi connectivity index (χ3n) is 5.75. The van der Waals surface area contributed by atoms with Crippen molar-refractivity contribution in [3.05, 3.63) is 87.8 Å². The van der Waals surface area contributed by atoms with Crippen molar-refractivity contribution in [2.75, 3.05) is 24.7 Å². The van der Waals surface area contributed by atoms with Crippen molar-refractivity contribution in [1.82, 2.24) is 5.32 Å². The van der Waals surface area contributed by atoms with E-state index < -0.39 is 0 Å². The number of hydrogen-bond acceptors (Lipinski definition) is 5. The van der Waals surface area contributed by atoms with Crippen molar-refractivity contribution in [2.24, 2.45) is 0 Å². The fourth-order valence-corrected chi connectivity index (χ4v) is 5.16. The van der Waals surface area contributed by atoms with Crippen molar-refractivity contribution >= 4 is 46.9 Å². The monoisotopic (exact) mass is 506 g/mol. The number of thioether (sulfide) groups is 1. The zero-order chi connectivity index (χ0) is 24.4. The molecule has 6 nitrogen and oxygen atoms in total. The molecule has 1 N–H and O–H groups in total. The minimum absolute atomic E-state index is 0.0940. The summed E-state index contributed by atoms with van der Waals surface area (Å²) in [5, 5.41) is 3.63. The number of ether oxygens (including phenoxy) is 2. The summed E-state index contributed by atoms with van der Waals surface area (Å²) in [5.74, 6) is 0.898. The zero-order valence-electron chi connectivity index (χ0n) is 19.0. The number of nitrogens with one attached hydrogen (secondary N) is 1. The van der Waals surface area contributed by atoms with E-state index in [9.17, 15) is 9.59 Å². The van der Waals surface area contributed by atoms with Gasteiger partial charge in [0.2, 0.25) is 5.91 Å². The molecular weight excluding hydrogens is 484 g/mol. The molecule has 35 heavy (non-hydrogen) atoms. The molecule has 2 heterocycles. The van der Waals surface area contributed by atoms with Gasteiger partial charge < -0.3 is 14.8 Å². The second kappa shape index (κ2) is 10.1. The first-order valence-electron chi connectivity index (χ1n) is 11.2. The summed E-state index contributed by atoms with van der Waals surface area (Å²) in [5.41, 5.74) is 2.48. The minimum Gasteiger partial charge on any atom is -0.486 e. The number of amides is 2. The Bertz CT molecular complexity index is 1310. The molecule has 0 aromatic heterocycles. The average Bonchev–Trinajstić information content (AvgIpc) is 2.87. The first kappa shape index (κ1) is 23.3. The van der Waals surface area contributed by atoms with Crippen LogP contribution in [0, 0.1) is 0 Å². The molecule has 2 aliphatic rings. The lowest BCUT2D eigenvalue weighted by atomic mass is 10.1. The van der Waals surface area contributed by atoms with E-state index in [4.69, 9.17) is 21.1 Å². The smallest absolute Gasteiger partial charge is 0.265 e. The number of benzene rings is 3. The van der Waals surface area contributed by atoms with Gasteiger partial charge in [-0.1, -0.05) is 53.7 Å². The third-order valence-corrected chi connectivity index (χ3v) is 7.07. The lowest BCUT2D eigenvalue weighted by Crippen LogP contribution is -2.43. The highest BCUT2D eigenvalue weighted by atomic mass is 35.5. The minimum atomic E-state index is -0.271. The molecule has 2 aliphatic heterocycles. The van der Waals surface area contributed by atoms with Gasteiger partial charge in [0.25, 0.3) is 5.91 Å². The van der Waals surface area contributed by atoms with Crippen molar-refractivity contribution < 1.29 is 19.1 Å². The Morgan fingerprint density at radius 1 is 1.09 bits per heavy atom. The average molecular weight is 507 g/mol. The van der Waals surface area contributed by atoms with E-state index in [-0.39, 0.29) is 24.4 Å². The molecule has 0 saturated carbocycles. The van der Waals surface area contributed by atoms with Gasteiger partial charge in [0.15, 0.2) is 11.5 Å². The first-order chi connectivity index (χ1) is 17.0. The summed E-state index contributed by atoms with van der Waals surface area (Å²) < 4.78 is 11.2. The number of halogens is 1. The molecule has 0 bridgehead atoms. The van der Waals surface area contributed by atoms with Crippen LogP contribution in [0.5, 0.6) is 11.5 Å². The predicted molar refractivity (Wildman–Crippen MR) is 138 cm³/mol. The van der Waals surface area contributed by atoms with Crippen LogP contribution in [0.2, 0.25) is 5.02 Å². The van der Waals surface area contributed by atoms with Gasteiger partial charge in [-0.3, -0.25) is 14.5 Å². The number of para-hydroxylation sites is 1. The third kappa shape index (κ3) is 5.16. The fraction of sp³-hybridized carbons (Fsp3) is 0.185. The second-order valence-electron chi connectivity index (χ2n) is 8.21. The molecule has 1 atom stereocenters. The molecule has 0 saturated heterocycles. The van der Waals surface area contributed by atoms with Crippen LogP contribution in [0.1, 0.15) is 24.1 Å². The summed E-state index contributed by atoms with van der Waals surface area (Å²) in [7, 11) is 0. The summed E-state index contributed by atoms with van der Waals surface area (Å²) in [6.45, 7) is 2.83. The molecule has 178 valence electrons. The topological polar surface area (TPSA) is 67.9 Å². The fourth-order valence-electron chi connectivity index (χ4n) is 3.97. The second-order valence-corrected chi connectivity index (χ2v) is 9.73. The van der Waals surface area contributed by atoms with Crippen LogP contribution in [0.25, 0.3) is 6.08 Å². The predicted octanol–water partition coefficient (Wildman–Crippen LogP) is 5.47. The summed E-state index contributed by atoms with van der Waals surface area (Å²) >= 11 is 7.39. The van der Waals surface area contributed by atoms with E-state index in [1.165, 1.54) is 16.7 Å². The molecule has 8 heteroatoms. The van der Waals surface area contributed by atoms with Gasteiger partial charge in [-0.05, 0) is 60.5 Å². The lowest BCUT2D eigenvalue weighted by Gasteiger charge is -2.30. The molecule has 0 spiro atoms. The molecule has 3 aromatic carbocycles. The van der Waals surface area contributed by atoms with Crippen LogP contribution < -0.4 is 19.7 Å². The van der Waals surface area contributed by atoms with Gasteiger partial charge in [0.05, 0.1) is 16.6 Å². The quantitative estimate of drug-likeness (QED) is 0.465. The highest BCUT2D eigenvalue weighted by Gasteiger charge is 2.30. The van der Waals surface area contributed by atoms with E-state index in [2.05, 4.69) is 5.32 Å². The molecule has 0 radical (unpaired) electrons. The first-order valence-corrected chi connectivity index (χ1v) is 12.4. The van der Waals surface area contributed by atoms with Crippen molar-refractivity contribution in [1.29, 1.82) is 0 Å². The molecule has 2 amide bonds. The van der Waals surface area contributed by atoms with Crippen LogP contribution in [0.3, 0.4) is 0 Å². The van der Waals surface area contributed by atoms with E-state index in [1.54, 1.807) is 12.1 Å². The number of anilines is 1. The van der Waals surface area contributed by atoms with Gasteiger partial charge in [0.1, 0.15) is 19.8 Å². The number of carbonyl (C=O) groups is 2. The highest BCUT2D eigenvalue weighted by molar-refractivity contribution is 8.04. The van der Waals surface area contributed by atoms with Gasteiger partial charge in [-0.2, -0.15) is 0 Å². The van der Waals surface area contributed by atoms with Crippen LogP contribution in [-0.2, 0) is 9.59 Å². The molecule has 0 unspecified atom stereocenters. The molecule has 5 rings (SSSR count). The van der Waals surface area contributed by atoms with Crippen LogP contribution >= 0.6 is 23.4 Å². The molecule has 3 aromatic rings.